The average molecular weight is 462 g/mol. The van der Waals surface area contributed by atoms with Crippen molar-refractivity contribution < 1.29 is 80.0 Å². The van der Waals surface area contributed by atoms with Crippen molar-refractivity contribution in [2.75, 3.05) is 19.8 Å². The van der Waals surface area contributed by atoms with Crippen molar-refractivity contribution in [2.45, 2.75) is 54.9 Å². The van der Waals surface area contributed by atoms with Crippen molar-refractivity contribution in [1.82, 2.24) is 0 Å². The average Bonchev–Trinajstić information content (AvgIpc) is 2.76. The Balaban J connectivity index is 5.61. The standard InChI is InChI=1S/C15H26O16/c16-1-4(19)7(22)9(24)14(28)30-11(6(21)3-18)12(13(26)27)31-15(29)10(25)8(23)5(20)2-17/h4-12,16-25H,1-3H2,(H,26,27)/t4-,5-,6-,7-,8+,9-,10-,11+,12-/m1/s1. The third kappa shape index (κ3) is 8.22. The molecule has 0 radical (unpaired) electrons. The summed E-state index contributed by atoms with van der Waals surface area (Å²) in [6.45, 7) is -3.47. The molecule has 9 atom stereocenters. The van der Waals surface area contributed by atoms with Crippen LogP contribution in [0.2, 0.25) is 0 Å². The maximum Gasteiger partial charge on any atom is 0.349 e. The first-order chi connectivity index (χ1) is 14.3. The molecular formula is C15H26O16. The molecule has 0 aliphatic rings. The monoisotopic (exact) mass is 462 g/mol. The van der Waals surface area contributed by atoms with Gasteiger partial charge in [0, 0.05) is 0 Å². The lowest BCUT2D eigenvalue weighted by Gasteiger charge is -2.30. The Morgan fingerprint density at radius 2 is 0.968 bits per heavy atom. The van der Waals surface area contributed by atoms with Gasteiger partial charge in [-0.15, -0.1) is 0 Å². The molecule has 11 N–H and O–H groups in total. The third-order valence-electron chi connectivity index (χ3n) is 3.90. The molecule has 182 valence electrons. The lowest BCUT2D eigenvalue weighted by Crippen LogP contribution is -2.54. The van der Waals surface area contributed by atoms with Crippen LogP contribution in [-0.4, -0.2) is 149 Å². The number of carboxylic acid groups (broad SMARTS) is 1. The molecule has 0 aliphatic heterocycles. The summed E-state index contributed by atoms with van der Waals surface area (Å²) in [4.78, 5) is 35.2. The van der Waals surface area contributed by atoms with Crippen LogP contribution in [0.5, 0.6) is 0 Å². The van der Waals surface area contributed by atoms with Crippen molar-refractivity contribution in [1.29, 1.82) is 0 Å². The van der Waals surface area contributed by atoms with E-state index in [0.29, 0.717) is 0 Å². The maximum atomic E-state index is 11.9. The molecule has 0 rings (SSSR count). The molecule has 0 saturated carbocycles. The van der Waals surface area contributed by atoms with Gasteiger partial charge < -0.3 is 65.6 Å². The molecule has 0 unspecified atom stereocenters. The van der Waals surface area contributed by atoms with Crippen LogP contribution in [0.3, 0.4) is 0 Å². The number of hydrogen-bond acceptors (Lipinski definition) is 15. The van der Waals surface area contributed by atoms with Gasteiger partial charge in [-0.3, -0.25) is 0 Å². The number of carbonyl (C=O) groups is 3. The maximum absolute atomic E-state index is 11.9. The Morgan fingerprint density at radius 1 is 0.613 bits per heavy atom. The van der Waals surface area contributed by atoms with E-state index in [1.54, 1.807) is 0 Å². The first-order valence-electron chi connectivity index (χ1n) is 8.56. The number of ether oxygens (including phenoxy) is 2. The van der Waals surface area contributed by atoms with Gasteiger partial charge in [0.05, 0.1) is 19.8 Å². The quantitative estimate of drug-likeness (QED) is 0.107. The number of esters is 2. The molecule has 16 heteroatoms. The molecule has 0 heterocycles. The second-order valence-corrected chi connectivity index (χ2v) is 6.22. The van der Waals surface area contributed by atoms with Gasteiger partial charge in [0.2, 0.25) is 6.10 Å². The fourth-order valence-electron chi connectivity index (χ4n) is 2.02. The summed E-state index contributed by atoms with van der Waals surface area (Å²) >= 11 is 0. The van der Waals surface area contributed by atoms with Gasteiger partial charge in [-0.05, 0) is 0 Å². The number of aliphatic hydroxyl groups excluding tert-OH is 10. The van der Waals surface area contributed by atoms with Crippen LogP contribution in [0.25, 0.3) is 0 Å². The molecule has 0 spiro atoms. The Hall–Kier alpha value is -1.99. The minimum atomic E-state index is -2.65. The predicted octanol–water partition coefficient (Wildman–Crippen LogP) is -7.60. The van der Waals surface area contributed by atoms with Gasteiger partial charge in [0.25, 0.3) is 0 Å². The van der Waals surface area contributed by atoms with Crippen molar-refractivity contribution >= 4 is 17.9 Å². The summed E-state index contributed by atoms with van der Waals surface area (Å²) in [5.74, 6) is -5.88. The normalized spacial score (nSPS) is 20.3. The van der Waals surface area contributed by atoms with Crippen LogP contribution in [0.1, 0.15) is 0 Å². The molecule has 0 aromatic rings. The van der Waals surface area contributed by atoms with Gasteiger partial charge in [-0.2, -0.15) is 0 Å². The van der Waals surface area contributed by atoms with Crippen molar-refractivity contribution in [3.8, 4) is 0 Å². The van der Waals surface area contributed by atoms with Crippen molar-refractivity contribution in [3.05, 3.63) is 0 Å². The van der Waals surface area contributed by atoms with Gasteiger partial charge >= 0.3 is 17.9 Å². The molecule has 0 fully saturated rings. The Bertz CT molecular complexity index is 583. The molecule has 16 nitrogen and oxygen atoms in total. The molecular weight excluding hydrogens is 436 g/mol. The van der Waals surface area contributed by atoms with Gasteiger partial charge in [0.15, 0.2) is 18.3 Å². The minimum Gasteiger partial charge on any atom is -0.478 e. The van der Waals surface area contributed by atoms with E-state index in [1.807, 2.05) is 0 Å². The van der Waals surface area contributed by atoms with E-state index in [0.717, 1.165) is 0 Å². The van der Waals surface area contributed by atoms with Crippen LogP contribution < -0.4 is 0 Å². The summed E-state index contributed by atoms with van der Waals surface area (Å²) in [5, 5.41) is 102. The predicted molar refractivity (Wildman–Crippen MR) is 90.7 cm³/mol. The Labute approximate surface area is 173 Å². The first-order valence-corrected chi connectivity index (χ1v) is 8.56. The Morgan fingerprint density at radius 3 is 1.29 bits per heavy atom. The molecule has 0 aliphatic carbocycles. The number of hydrogen-bond donors (Lipinski definition) is 11. The zero-order valence-corrected chi connectivity index (χ0v) is 15.8. The number of aliphatic carboxylic acids is 1. The van der Waals surface area contributed by atoms with Crippen molar-refractivity contribution in [3.63, 3.8) is 0 Å². The summed E-state index contributed by atoms with van der Waals surface area (Å²) in [5.41, 5.74) is 0. The summed E-state index contributed by atoms with van der Waals surface area (Å²) < 4.78 is 8.83. The molecule has 0 bridgehead atoms. The van der Waals surface area contributed by atoms with Gasteiger partial charge in [-0.1, -0.05) is 0 Å². The summed E-state index contributed by atoms with van der Waals surface area (Å²) in [6, 6.07) is 0. The minimum absolute atomic E-state index is 1.09. The topological polar surface area (TPSA) is 292 Å². The van der Waals surface area contributed by atoms with Gasteiger partial charge in [0.1, 0.15) is 30.5 Å². The number of carbonyl (C=O) groups excluding carboxylic acids is 2. The molecule has 0 aromatic heterocycles. The van der Waals surface area contributed by atoms with Crippen LogP contribution in [-0.2, 0) is 23.9 Å². The fraction of sp³-hybridized carbons (Fsp3) is 0.800. The van der Waals surface area contributed by atoms with E-state index >= 15 is 0 Å². The summed E-state index contributed by atoms with van der Waals surface area (Å²) in [6.07, 6.45) is -21.2. The third-order valence-corrected chi connectivity index (χ3v) is 3.90. The zero-order chi connectivity index (χ0) is 24.5. The highest BCUT2D eigenvalue weighted by Gasteiger charge is 2.44. The number of carboxylic acids is 1. The van der Waals surface area contributed by atoms with E-state index in [1.165, 1.54) is 0 Å². The highest BCUT2D eigenvalue weighted by atomic mass is 16.6. The van der Waals surface area contributed by atoms with Gasteiger partial charge in [-0.25, -0.2) is 14.4 Å². The van der Waals surface area contributed by atoms with Crippen LogP contribution in [0.15, 0.2) is 0 Å². The van der Waals surface area contributed by atoms with Crippen LogP contribution in [0.4, 0.5) is 0 Å². The lowest BCUT2D eigenvalue weighted by atomic mass is 10.1. The van der Waals surface area contributed by atoms with Crippen LogP contribution >= 0.6 is 0 Å². The fourth-order valence-corrected chi connectivity index (χ4v) is 2.02. The second-order valence-electron chi connectivity index (χ2n) is 6.22. The highest BCUT2D eigenvalue weighted by molar-refractivity contribution is 5.82. The highest BCUT2D eigenvalue weighted by Crippen LogP contribution is 2.15. The van der Waals surface area contributed by atoms with Crippen molar-refractivity contribution in [2.24, 2.45) is 0 Å². The SMILES string of the molecule is O=C(O[C@@H]([C@H](O)CO)[C@@H](OC(=O)[C@H](O)[C@@H](O)[C@H](O)CO)C(=O)O)[C@H](O)[C@H](O)[C@H](O)CO. The van der Waals surface area contributed by atoms with E-state index < -0.39 is 92.7 Å². The molecule has 0 aromatic carbocycles. The Kier molecular flexibility index (Phi) is 12.6. The van der Waals surface area contributed by atoms with E-state index in [2.05, 4.69) is 9.47 Å². The smallest absolute Gasteiger partial charge is 0.349 e. The molecule has 0 amide bonds. The van der Waals surface area contributed by atoms with Crippen LogP contribution in [0, 0.1) is 0 Å². The molecule has 31 heavy (non-hydrogen) atoms. The van der Waals surface area contributed by atoms with E-state index in [9.17, 15) is 55.2 Å². The zero-order valence-electron chi connectivity index (χ0n) is 15.8. The first kappa shape index (κ1) is 29.0. The lowest BCUT2D eigenvalue weighted by molar-refractivity contribution is -0.203. The molecule has 0 saturated heterocycles. The largest absolute Gasteiger partial charge is 0.478 e. The number of aliphatic hydroxyl groups is 10. The van der Waals surface area contributed by atoms with E-state index in [4.69, 9.17) is 15.3 Å². The number of rotatable bonds is 14. The summed E-state index contributed by atoms with van der Waals surface area (Å²) in [7, 11) is 0. The second kappa shape index (κ2) is 13.4. The van der Waals surface area contributed by atoms with E-state index in [-0.39, 0.29) is 0 Å².